The predicted molar refractivity (Wildman–Crippen MR) is 65.5 cm³/mol. The molecule has 3 heterocycles. The van der Waals surface area contributed by atoms with Gasteiger partial charge in [0, 0.05) is 25.4 Å². The van der Waals surface area contributed by atoms with E-state index in [-0.39, 0.29) is 0 Å². The lowest BCUT2D eigenvalue weighted by Crippen LogP contribution is -2.47. The maximum Gasteiger partial charge on any atom is 0.150 e. The van der Waals surface area contributed by atoms with E-state index in [1.54, 1.807) is 0 Å². The third-order valence-corrected chi connectivity index (χ3v) is 3.35. The number of aromatic nitrogens is 3. The molecule has 0 unspecified atom stereocenters. The molecule has 0 aliphatic carbocycles. The highest BCUT2D eigenvalue weighted by Gasteiger charge is 2.29. The SMILES string of the molecule is Cc1cc(CN2CC(n3cc(Br)cn3)C2)on1. The molecule has 2 aromatic heterocycles. The molecule has 17 heavy (non-hydrogen) atoms. The maximum absolute atomic E-state index is 5.19. The molecule has 1 aliphatic rings. The molecule has 2 aromatic rings. The summed E-state index contributed by atoms with van der Waals surface area (Å²) in [5.74, 6) is 0.933. The molecule has 0 saturated carbocycles. The third-order valence-electron chi connectivity index (χ3n) is 2.94. The summed E-state index contributed by atoms with van der Waals surface area (Å²) >= 11 is 3.41. The molecule has 3 rings (SSSR count). The summed E-state index contributed by atoms with van der Waals surface area (Å²) in [4.78, 5) is 2.32. The quantitative estimate of drug-likeness (QED) is 0.869. The van der Waals surface area contributed by atoms with Crippen LogP contribution in [0.3, 0.4) is 0 Å². The Morgan fingerprint density at radius 3 is 2.94 bits per heavy atom. The Bertz CT molecular complexity index is 515. The van der Waals surface area contributed by atoms with Gasteiger partial charge in [0.1, 0.15) is 0 Å². The van der Waals surface area contributed by atoms with E-state index in [0.29, 0.717) is 6.04 Å². The first-order valence-corrected chi connectivity index (χ1v) is 6.34. The van der Waals surface area contributed by atoms with E-state index in [1.807, 2.05) is 30.1 Å². The highest BCUT2D eigenvalue weighted by molar-refractivity contribution is 9.10. The van der Waals surface area contributed by atoms with Crippen LogP contribution >= 0.6 is 15.9 Å². The Hall–Kier alpha value is -1.14. The molecule has 1 aliphatic heterocycles. The molecule has 1 saturated heterocycles. The Balaban J connectivity index is 1.55. The first-order chi connectivity index (χ1) is 8.20. The largest absolute Gasteiger partial charge is 0.360 e. The topological polar surface area (TPSA) is 47.1 Å². The highest BCUT2D eigenvalue weighted by Crippen LogP contribution is 2.23. The first kappa shape index (κ1) is 11.0. The smallest absolute Gasteiger partial charge is 0.150 e. The fourth-order valence-electron chi connectivity index (χ4n) is 2.06. The molecule has 0 atom stereocenters. The summed E-state index contributed by atoms with van der Waals surface area (Å²) in [7, 11) is 0. The number of rotatable bonds is 3. The molecule has 0 aromatic carbocycles. The molecule has 5 nitrogen and oxygen atoms in total. The summed E-state index contributed by atoms with van der Waals surface area (Å²) in [6, 6.07) is 2.46. The van der Waals surface area contributed by atoms with Crippen molar-refractivity contribution in [3.63, 3.8) is 0 Å². The fraction of sp³-hybridized carbons (Fsp3) is 0.455. The van der Waals surface area contributed by atoms with Crippen molar-refractivity contribution in [2.45, 2.75) is 19.5 Å². The average Bonchev–Trinajstić information content (AvgIpc) is 2.81. The van der Waals surface area contributed by atoms with Crippen LogP contribution in [0.15, 0.2) is 27.5 Å². The van der Waals surface area contributed by atoms with Crippen molar-refractivity contribution in [3.05, 3.63) is 34.4 Å². The maximum atomic E-state index is 5.19. The van der Waals surface area contributed by atoms with Gasteiger partial charge in [-0.05, 0) is 22.9 Å². The molecule has 0 spiro atoms. The Morgan fingerprint density at radius 1 is 1.53 bits per heavy atom. The van der Waals surface area contributed by atoms with Crippen LogP contribution in [0.2, 0.25) is 0 Å². The summed E-state index contributed by atoms with van der Waals surface area (Å²) in [6.45, 7) is 4.79. The predicted octanol–water partition coefficient (Wildman–Crippen LogP) is 2.00. The molecule has 0 bridgehead atoms. The van der Waals surface area contributed by atoms with E-state index in [0.717, 1.165) is 35.6 Å². The molecular weight excluding hydrogens is 284 g/mol. The van der Waals surface area contributed by atoms with Crippen LogP contribution in [0.4, 0.5) is 0 Å². The van der Waals surface area contributed by atoms with Gasteiger partial charge in [0.15, 0.2) is 5.76 Å². The second kappa shape index (κ2) is 4.27. The molecule has 1 fully saturated rings. The number of likely N-dealkylation sites (tertiary alicyclic amines) is 1. The lowest BCUT2D eigenvalue weighted by molar-refractivity contribution is 0.0809. The minimum absolute atomic E-state index is 0.477. The lowest BCUT2D eigenvalue weighted by atomic mass is 10.1. The molecular formula is C11H13BrN4O. The summed E-state index contributed by atoms with van der Waals surface area (Å²) < 4.78 is 8.23. The molecule has 90 valence electrons. The van der Waals surface area contributed by atoms with E-state index in [4.69, 9.17) is 4.52 Å². The van der Waals surface area contributed by atoms with Gasteiger partial charge in [0.2, 0.25) is 0 Å². The van der Waals surface area contributed by atoms with E-state index in [2.05, 4.69) is 31.1 Å². The van der Waals surface area contributed by atoms with Crippen LogP contribution in [-0.4, -0.2) is 32.9 Å². The van der Waals surface area contributed by atoms with Crippen LogP contribution < -0.4 is 0 Å². The first-order valence-electron chi connectivity index (χ1n) is 5.55. The summed E-state index contributed by atoms with van der Waals surface area (Å²) in [5.41, 5.74) is 0.938. The van der Waals surface area contributed by atoms with Gasteiger partial charge in [0.05, 0.1) is 29.0 Å². The number of nitrogens with zero attached hydrogens (tertiary/aromatic N) is 4. The van der Waals surface area contributed by atoms with Crippen molar-refractivity contribution in [2.75, 3.05) is 13.1 Å². The van der Waals surface area contributed by atoms with Crippen LogP contribution in [0.1, 0.15) is 17.5 Å². The van der Waals surface area contributed by atoms with Gasteiger partial charge in [-0.2, -0.15) is 5.10 Å². The van der Waals surface area contributed by atoms with E-state index in [1.165, 1.54) is 0 Å². The van der Waals surface area contributed by atoms with Gasteiger partial charge in [0.25, 0.3) is 0 Å². The van der Waals surface area contributed by atoms with Gasteiger partial charge < -0.3 is 4.52 Å². The number of hydrogen-bond donors (Lipinski definition) is 0. The van der Waals surface area contributed by atoms with Crippen LogP contribution in [-0.2, 0) is 6.54 Å². The molecule has 0 N–H and O–H groups in total. The summed E-state index contributed by atoms with van der Waals surface area (Å²) in [5, 5.41) is 8.17. The Kier molecular flexibility index (Phi) is 2.76. The van der Waals surface area contributed by atoms with Crippen molar-refractivity contribution in [3.8, 4) is 0 Å². The van der Waals surface area contributed by atoms with Crippen LogP contribution in [0, 0.1) is 6.92 Å². The number of halogens is 1. The monoisotopic (exact) mass is 296 g/mol. The van der Waals surface area contributed by atoms with Crippen molar-refractivity contribution in [1.29, 1.82) is 0 Å². The second-order valence-corrected chi connectivity index (χ2v) is 5.34. The third kappa shape index (κ3) is 2.28. The number of hydrogen-bond acceptors (Lipinski definition) is 4. The van der Waals surface area contributed by atoms with Gasteiger partial charge in [-0.25, -0.2) is 0 Å². The Morgan fingerprint density at radius 2 is 2.35 bits per heavy atom. The normalized spacial score (nSPS) is 17.3. The van der Waals surface area contributed by atoms with E-state index >= 15 is 0 Å². The molecule has 0 radical (unpaired) electrons. The summed E-state index contributed by atoms with van der Waals surface area (Å²) in [6.07, 6.45) is 3.84. The van der Waals surface area contributed by atoms with E-state index < -0.39 is 0 Å². The van der Waals surface area contributed by atoms with Crippen molar-refractivity contribution in [2.24, 2.45) is 0 Å². The average molecular weight is 297 g/mol. The zero-order chi connectivity index (χ0) is 11.8. The highest BCUT2D eigenvalue weighted by atomic mass is 79.9. The van der Waals surface area contributed by atoms with Crippen LogP contribution in [0.25, 0.3) is 0 Å². The van der Waals surface area contributed by atoms with Crippen molar-refractivity contribution < 1.29 is 4.52 Å². The van der Waals surface area contributed by atoms with Crippen molar-refractivity contribution >= 4 is 15.9 Å². The van der Waals surface area contributed by atoms with Gasteiger partial charge in [-0.1, -0.05) is 5.16 Å². The number of aryl methyl sites for hydroxylation is 1. The zero-order valence-electron chi connectivity index (χ0n) is 9.51. The van der Waals surface area contributed by atoms with Gasteiger partial charge in [-0.15, -0.1) is 0 Å². The standard InChI is InChI=1S/C11H13BrN4O/c1-8-2-11(17-14-8)7-15-5-10(6-15)16-4-9(12)3-13-16/h2-4,10H,5-7H2,1H3. The van der Waals surface area contributed by atoms with Gasteiger partial charge in [-0.3, -0.25) is 9.58 Å². The van der Waals surface area contributed by atoms with Crippen LogP contribution in [0.5, 0.6) is 0 Å². The lowest BCUT2D eigenvalue weighted by Gasteiger charge is -2.38. The van der Waals surface area contributed by atoms with Crippen molar-refractivity contribution in [1.82, 2.24) is 19.8 Å². The molecule has 6 heteroatoms. The van der Waals surface area contributed by atoms with Gasteiger partial charge >= 0.3 is 0 Å². The second-order valence-electron chi connectivity index (χ2n) is 4.42. The zero-order valence-corrected chi connectivity index (χ0v) is 11.1. The fourth-order valence-corrected chi connectivity index (χ4v) is 2.37. The van der Waals surface area contributed by atoms with E-state index in [9.17, 15) is 0 Å². The molecule has 0 amide bonds. The minimum atomic E-state index is 0.477. The minimum Gasteiger partial charge on any atom is -0.360 e. The Labute approximate surface area is 108 Å².